The first-order chi connectivity index (χ1) is 13.9. The van der Waals surface area contributed by atoms with E-state index in [0.29, 0.717) is 28.6 Å². The van der Waals surface area contributed by atoms with Gasteiger partial charge in [0, 0.05) is 11.6 Å². The third-order valence-corrected chi connectivity index (χ3v) is 4.55. The molecule has 0 spiro atoms. The molecule has 0 unspecified atom stereocenters. The van der Waals surface area contributed by atoms with Gasteiger partial charge in [-0.1, -0.05) is 23.7 Å². The summed E-state index contributed by atoms with van der Waals surface area (Å²) in [5, 5.41) is 3.23. The molecule has 29 heavy (non-hydrogen) atoms. The number of methoxy groups -OCH3 is 1. The molecule has 1 aliphatic rings. The molecule has 1 fully saturated rings. The Hall–Kier alpha value is -3.39. The molecule has 1 aliphatic heterocycles. The van der Waals surface area contributed by atoms with Crippen LogP contribution < -0.4 is 15.0 Å². The summed E-state index contributed by atoms with van der Waals surface area (Å²) in [5.41, 5.74) is 1.16. The lowest BCUT2D eigenvalue weighted by Gasteiger charge is -2.15. The van der Waals surface area contributed by atoms with Crippen LogP contribution in [0.25, 0.3) is 0 Å². The zero-order chi connectivity index (χ0) is 21.0. The molecule has 0 aromatic heterocycles. The van der Waals surface area contributed by atoms with Crippen LogP contribution in [-0.2, 0) is 20.8 Å². The molecule has 1 N–H and O–H groups in total. The van der Waals surface area contributed by atoms with Crippen molar-refractivity contribution in [1.82, 2.24) is 10.2 Å². The van der Waals surface area contributed by atoms with Crippen LogP contribution in [0, 0.1) is 0 Å². The fraction of sp³-hybridized carbons (Fsp3) is 0.200. The van der Waals surface area contributed by atoms with E-state index in [4.69, 9.17) is 16.3 Å². The van der Waals surface area contributed by atoms with Gasteiger partial charge in [-0.2, -0.15) is 0 Å². The lowest BCUT2D eigenvalue weighted by molar-refractivity contribution is -0.140. The Morgan fingerprint density at radius 1 is 1.07 bits per heavy atom. The number of hydrogen-bond donors (Lipinski definition) is 1. The summed E-state index contributed by atoms with van der Waals surface area (Å²) in [4.78, 5) is 50.5. The smallest absolute Gasteiger partial charge is 0.339 e. The van der Waals surface area contributed by atoms with E-state index in [-0.39, 0.29) is 5.69 Å². The normalized spacial score (nSPS) is 13.8. The van der Waals surface area contributed by atoms with Gasteiger partial charge in [-0.25, -0.2) is 14.6 Å². The minimum absolute atomic E-state index is 0.220. The molecule has 0 saturated carbocycles. The number of carbonyl (C=O) groups is 4. The van der Waals surface area contributed by atoms with E-state index >= 15 is 0 Å². The van der Waals surface area contributed by atoms with Crippen LogP contribution in [0.5, 0.6) is 5.75 Å². The monoisotopic (exact) mass is 415 g/mol. The molecule has 1 saturated heterocycles. The number of benzene rings is 2. The molecular formula is C20H18ClN3O5. The highest BCUT2D eigenvalue weighted by Crippen LogP contribution is 2.24. The van der Waals surface area contributed by atoms with Gasteiger partial charge in [-0.05, 0) is 48.4 Å². The Morgan fingerprint density at radius 3 is 2.45 bits per heavy atom. The molecule has 9 heteroatoms. The Balaban J connectivity index is 1.59. The van der Waals surface area contributed by atoms with Crippen LogP contribution in [0.3, 0.4) is 0 Å². The molecule has 2 aromatic carbocycles. The summed E-state index contributed by atoms with van der Waals surface area (Å²) in [6, 6.07) is 12.4. The van der Waals surface area contributed by atoms with Gasteiger partial charge in [-0.3, -0.25) is 14.4 Å². The van der Waals surface area contributed by atoms with E-state index in [1.54, 1.807) is 30.3 Å². The topological polar surface area (TPSA) is 96.0 Å². The van der Waals surface area contributed by atoms with Crippen LogP contribution in [0.15, 0.2) is 48.5 Å². The number of rotatable bonds is 7. The quantitative estimate of drug-likeness (QED) is 0.551. The number of halogens is 1. The number of ether oxygens (including phenoxy) is 1. The summed E-state index contributed by atoms with van der Waals surface area (Å²) < 4.78 is 5.03. The summed E-state index contributed by atoms with van der Waals surface area (Å²) in [6.45, 7) is -0.239. The predicted molar refractivity (Wildman–Crippen MR) is 106 cm³/mol. The maximum absolute atomic E-state index is 12.5. The van der Waals surface area contributed by atoms with Crippen molar-refractivity contribution in [2.75, 3.05) is 25.1 Å². The van der Waals surface area contributed by atoms with Crippen molar-refractivity contribution in [2.45, 2.75) is 6.42 Å². The molecule has 5 amide bonds. The zero-order valence-electron chi connectivity index (χ0n) is 15.6. The van der Waals surface area contributed by atoms with Gasteiger partial charge >= 0.3 is 17.8 Å². The molecule has 0 aliphatic carbocycles. The Bertz CT molecular complexity index is 961. The molecule has 2 aromatic rings. The highest BCUT2D eigenvalue weighted by molar-refractivity contribution is 6.53. The van der Waals surface area contributed by atoms with Crippen LogP contribution in [0.2, 0.25) is 5.02 Å². The lowest BCUT2D eigenvalue weighted by Crippen LogP contribution is -2.42. The van der Waals surface area contributed by atoms with Gasteiger partial charge in [0.25, 0.3) is 0 Å². The van der Waals surface area contributed by atoms with Crippen molar-refractivity contribution in [3.05, 3.63) is 59.1 Å². The highest BCUT2D eigenvalue weighted by atomic mass is 35.5. The van der Waals surface area contributed by atoms with Crippen molar-refractivity contribution in [1.29, 1.82) is 0 Å². The fourth-order valence-electron chi connectivity index (χ4n) is 2.84. The van der Waals surface area contributed by atoms with Gasteiger partial charge in [0.15, 0.2) is 0 Å². The van der Waals surface area contributed by atoms with Gasteiger partial charge in [0.05, 0.1) is 12.8 Å². The second-order valence-corrected chi connectivity index (χ2v) is 6.68. The van der Waals surface area contributed by atoms with Gasteiger partial charge in [-0.15, -0.1) is 0 Å². The predicted octanol–water partition coefficient (Wildman–Crippen LogP) is 2.00. The van der Waals surface area contributed by atoms with E-state index in [9.17, 15) is 19.2 Å². The number of amides is 5. The van der Waals surface area contributed by atoms with Crippen molar-refractivity contribution in [2.24, 2.45) is 0 Å². The number of nitrogens with one attached hydrogen (secondary N) is 1. The van der Waals surface area contributed by atoms with Crippen molar-refractivity contribution < 1.29 is 23.9 Å². The number of urea groups is 1. The second kappa shape index (κ2) is 8.74. The molecule has 1 heterocycles. The standard InChI is InChI=1S/C20H18ClN3O5/c1-29-16-7-5-15(6-8-16)24-19(27)18(26)23(20(24)28)12-17(25)22-10-9-13-3-2-4-14(21)11-13/h2-8,11H,9-10,12H2,1H3,(H,22,25). The average Bonchev–Trinajstić information content (AvgIpc) is 2.91. The first-order valence-corrected chi connectivity index (χ1v) is 9.13. The first kappa shape index (κ1) is 20.3. The Labute approximate surface area is 172 Å². The van der Waals surface area contributed by atoms with Crippen molar-refractivity contribution >= 4 is 41.0 Å². The number of carbonyl (C=O) groups excluding carboxylic acids is 4. The molecule has 8 nitrogen and oxygen atoms in total. The minimum atomic E-state index is -1.05. The molecule has 0 bridgehead atoms. The third-order valence-electron chi connectivity index (χ3n) is 4.31. The summed E-state index contributed by atoms with van der Waals surface area (Å²) in [7, 11) is 1.48. The van der Waals surface area contributed by atoms with Crippen LogP contribution in [-0.4, -0.2) is 48.9 Å². The largest absolute Gasteiger partial charge is 0.497 e. The van der Waals surface area contributed by atoms with E-state index in [0.717, 1.165) is 10.5 Å². The average molecular weight is 416 g/mol. The van der Waals surface area contributed by atoms with Crippen molar-refractivity contribution in [3.8, 4) is 5.75 Å². The van der Waals surface area contributed by atoms with E-state index in [1.165, 1.54) is 19.2 Å². The SMILES string of the molecule is COc1ccc(N2C(=O)C(=O)N(CC(=O)NCCc3cccc(Cl)c3)C2=O)cc1. The number of anilines is 1. The summed E-state index contributed by atoms with van der Waals surface area (Å²) in [5.74, 6) is -2.06. The van der Waals surface area contributed by atoms with Crippen LogP contribution in [0.1, 0.15) is 5.56 Å². The Kier molecular flexibility index (Phi) is 6.13. The third kappa shape index (κ3) is 4.55. The van der Waals surface area contributed by atoms with Crippen LogP contribution >= 0.6 is 11.6 Å². The number of hydrogen-bond acceptors (Lipinski definition) is 5. The Morgan fingerprint density at radius 2 is 1.79 bits per heavy atom. The lowest BCUT2D eigenvalue weighted by atomic mass is 10.1. The minimum Gasteiger partial charge on any atom is -0.497 e. The van der Waals surface area contributed by atoms with Crippen LogP contribution in [0.4, 0.5) is 10.5 Å². The maximum Gasteiger partial charge on any atom is 0.339 e. The fourth-order valence-corrected chi connectivity index (χ4v) is 3.06. The van der Waals surface area contributed by atoms with E-state index < -0.39 is 30.3 Å². The maximum atomic E-state index is 12.5. The molecule has 150 valence electrons. The molecule has 3 rings (SSSR count). The van der Waals surface area contributed by atoms with E-state index in [1.807, 2.05) is 6.07 Å². The zero-order valence-corrected chi connectivity index (χ0v) is 16.3. The summed E-state index contributed by atoms with van der Waals surface area (Å²) >= 11 is 5.91. The number of imide groups is 2. The first-order valence-electron chi connectivity index (χ1n) is 8.76. The second-order valence-electron chi connectivity index (χ2n) is 6.24. The van der Waals surface area contributed by atoms with E-state index in [2.05, 4.69) is 5.32 Å². The summed E-state index contributed by atoms with van der Waals surface area (Å²) in [6.07, 6.45) is 0.533. The van der Waals surface area contributed by atoms with Gasteiger partial charge in [0.2, 0.25) is 5.91 Å². The highest BCUT2D eigenvalue weighted by Gasteiger charge is 2.46. The molecule has 0 atom stereocenters. The van der Waals surface area contributed by atoms with Gasteiger partial charge < -0.3 is 10.1 Å². The van der Waals surface area contributed by atoms with Gasteiger partial charge in [0.1, 0.15) is 12.3 Å². The molecular weight excluding hydrogens is 398 g/mol. The van der Waals surface area contributed by atoms with Crippen molar-refractivity contribution in [3.63, 3.8) is 0 Å². The molecule has 0 radical (unpaired) electrons. The number of nitrogens with zero attached hydrogens (tertiary/aromatic N) is 2.